The van der Waals surface area contributed by atoms with Gasteiger partial charge in [0, 0.05) is 39.1 Å². The predicted molar refractivity (Wildman–Crippen MR) is 109 cm³/mol. The van der Waals surface area contributed by atoms with Crippen LogP contribution >= 0.6 is 0 Å². The van der Waals surface area contributed by atoms with E-state index in [-0.39, 0.29) is 6.03 Å². The van der Waals surface area contributed by atoms with Crippen molar-refractivity contribution in [2.75, 3.05) is 52.5 Å². The van der Waals surface area contributed by atoms with Gasteiger partial charge >= 0.3 is 6.03 Å². The Kier molecular flexibility index (Phi) is 6.44. The molecular weight excluding hydrogens is 354 g/mol. The van der Waals surface area contributed by atoms with Gasteiger partial charge in [0.25, 0.3) is 0 Å². The lowest BCUT2D eigenvalue weighted by atomic mass is 9.95. The number of fused-ring (bicyclic) bond motifs is 1. The van der Waals surface area contributed by atoms with Gasteiger partial charge in [-0.2, -0.15) is 0 Å². The fourth-order valence-electron chi connectivity index (χ4n) is 4.23. The van der Waals surface area contributed by atoms with Gasteiger partial charge in [-0.3, -0.25) is 4.90 Å². The molecule has 2 saturated heterocycles. The zero-order valence-corrected chi connectivity index (χ0v) is 16.5. The summed E-state index contributed by atoms with van der Waals surface area (Å²) in [7, 11) is 0. The maximum atomic E-state index is 12.5. The molecule has 1 aromatic carbocycles. The number of aromatic nitrogens is 2. The molecule has 0 spiro atoms. The molecule has 0 aliphatic carbocycles. The number of amides is 2. The minimum absolute atomic E-state index is 0.0799. The molecule has 28 heavy (non-hydrogen) atoms. The van der Waals surface area contributed by atoms with Crippen LogP contribution in [0.2, 0.25) is 0 Å². The molecular formula is C21H31N5O2. The highest BCUT2D eigenvalue weighted by Gasteiger charge is 2.24. The zero-order chi connectivity index (χ0) is 19.2. The number of hydrogen-bond acceptors (Lipinski definition) is 4. The molecule has 2 N–H and O–H groups in total. The Morgan fingerprint density at radius 2 is 2.11 bits per heavy atom. The van der Waals surface area contributed by atoms with Crippen molar-refractivity contribution in [3.8, 4) is 0 Å². The fraction of sp³-hybridized carbons (Fsp3) is 0.619. The maximum absolute atomic E-state index is 12.5. The number of imidazole rings is 1. The summed E-state index contributed by atoms with van der Waals surface area (Å²) in [6, 6.07) is 8.21. The van der Waals surface area contributed by atoms with E-state index in [1.54, 1.807) is 0 Å². The second kappa shape index (κ2) is 9.39. The summed E-state index contributed by atoms with van der Waals surface area (Å²) in [4.78, 5) is 25.0. The van der Waals surface area contributed by atoms with Crippen molar-refractivity contribution >= 4 is 17.1 Å². The summed E-state index contributed by atoms with van der Waals surface area (Å²) in [5.74, 6) is 1.49. The molecule has 0 saturated carbocycles. The Morgan fingerprint density at radius 3 is 2.96 bits per heavy atom. The van der Waals surface area contributed by atoms with Gasteiger partial charge in [0.15, 0.2) is 0 Å². The highest BCUT2D eigenvalue weighted by atomic mass is 16.5. The smallest absolute Gasteiger partial charge is 0.317 e. The van der Waals surface area contributed by atoms with E-state index in [2.05, 4.69) is 21.3 Å². The molecule has 1 aromatic heterocycles. The van der Waals surface area contributed by atoms with Crippen LogP contribution in [0.15, 0.2) is 24.3 Å². The van der Waals surface area contributed by atoms with E-state index in [1.165, 1.54) is 0 Å². The molecule has 152 valence electrons. The van der Waals surface area contributed by atoms with Crippen molar-refractivity contribution in [1.82, 2.24) is 25.1 Å². The standard InChI is InChI=1S/C21H31N5O2/c27-21(22-8-4-9-25-11-13-28-14-12-25)26-10-3-5-17(16-26)15-20-23-18-6-1-2-7-19(18)24-20/h1-2,6-7,17H,3-5,8-16H2,(H,22,27)(H,23,24)/t17-/m0/s1. The van der Waals surface area contributed by atoms with Crippen molar-refractivity contribution in [2.24, 2.45) is 5.92 Å². The first-order valence-corrected chi connectivity index (χ1v) is 10.5. The monoisotopic (exact) mass is 385 g/mol. The summed E-state index contributed by atoms with van der Waals surface area (Å²) >= 11 is 0. The number of nitrogens with one attached hydrogen (secondary N) is 2. The summed E-state index contributed by atoms with van der Waals surface area (Å²) in [5, 5.41) is 3.10. The number of likely N-dealkylation sites (tertiary alicyclic amines) is 1. The summed E-state index contributed by atoms with van der Waals surface area (Å²) in [6.07, 6.45) is 4.10. The molecule has 2 aliphatic heterocycles. The third-order valence-electron chi connectivity index (χ3n) is 5.76. The number of hydrogen-bond donors (Lipinski definition) is 2. The number of aromatic amines is 1. The molecule has 7 heteroatoms. The number of rotatable bonds is 6. The van der Waals surface area contributed by atoms with Crippen LogP contribution in [0.1, 0.15) is 25.1 Å². The maximum Gasteiger partial charge on any atom is 0.317 e. The van der Waals surface area contributed by atoms with E-state index in [9.17, 15) is 4.79 Å². The third-order valence-corrected chi connectivity index (χ3v) is 5.76. The number of ether oxygens (including phenoxy) is 1. The van der Waals surface area contributed by atoms with Crippen LogP contribution in [0.25, 0.3) is 11.0 Å². The molecule has 2 aliphatic rings. The van der Waals surface area contributed by atoms with Gasteiger partial charge in [-0.15, -0.1) is 0 Å². The Balaban J connectivity index is 1.21. The van der Waals surface area contributed by atoms with Gasteiger partial charge in [-0.25, -0.2) is 9.78 Å². The number of benzene rings is 1. The average Bonchev–Trinajstić information content (AvgIpc) is 3.14. The molecule has 3 heterocycles. The van der Waals surface area contributed by atoms with Gasteiger partial charge in [-0.05, 0) is 43.9 Å². The van der Waals surface area contributed by atoms with Crippen LogP contribution in [-0.2, 0) is 11.2 Å². The molecule has 0 unspecified atom stereocenters. The molecule has 4 rings (SSSR count). The van der Waals surface area contributed by atoms with Gasteiger partial charge < -0.3 is 19.9 Å². The highest BCUT2D eigenvalue weighted by Crippen LogP contribution is 2.21. The quantitative estimate of drug-likeness (QED) is 0.748. The summed E-state index contributed by atoms with van der Waals surface area (Å²) in [5.41, 5.74) is 2.10. The first-order valence-electron chi connectivity index (χ1n) is 10.5. The Bertz CT molecular complexity index is 738. The second-order valence-corrected chi connectivity index (χ2v) is 7.90. The number of carbonyl (C=O) groups excluding carboxylic acids is 1. The number of piperidine rings is 1. The first kappa shape index (κ1) is 19.2. The number of para-hydroxylation sites is 2. The van der Waals surface area contributed by atoms with E-state index in [4.69, 9.17) is 9.72 Å². The number of morpholine rings is 1. The van der Waals surface area contributed by atoms with Crippen molar-refractivity contribution in [3.05, 3.63) is 30.1 Å². The molecule has 2 aromatic rings. The molecule has 0 radical (unpaired) electrons. The molecule has 2 fully saturated rings. The van der Waals surface area contributed by atoms with Gasteiger partial charge in [-0.1, -0.05) is 12.1 Å². The van der Waals surface area contributed by atoms with E-state index in [1.807, 2.05) is 23.1 Å². The Morgan fingerprint density at radius 1 is 1.25 bits per heavy atom. The third kappa shape index (κ3) is 5.02. The van der Waals surface area contributed by atoms with Crippen LogP contribution in [0.5, 0.6) is 0 Å². The minimum atomic E-state index is 0.0799. The van der Waals surface area contributed by atoms with Crippen LogP contribution in [-0.4, -0.2) is 78.3 Å². The first-order chi connectivity index (χ1) is 13.8. The number of nitrogens with zero attached hydrogens (tertiary/aromatic N) is 3. The van der Waals surface area contributed by atoms with Gasteiger partial charge in [0.2, 0.25) is 0 Å². The number of urea groups is 1. The van der Waals surface area contributed by atoms with Crippen LogP contribution in [0.4, 0.5) is 4.79 Å². The SMILES string of the molecule is O=C(NCCCN1CCOCC1)N1CCC[C@@H](Cc2nc3ccccc3[nH]2)C1. The zero-order valence-electron chi connectivity index (χ0n) is 16.5. The number of H-pyrrole nitrogens is 1. The minimum Gasteiger partial charge on any atom is -0.379 e. The van der Waals surface area contributed by atoms with E-state index in [0.717, 1.165) is 95.0 Å². The van der Waals surface area contributed by atoms with E-state index >= 15 is 0 Å². The van der Waals surface area contributed by atoms with Crippen molar-refractivity contribution < 1.29 is 9.53 Å². The lowest BCUT2D eigenvalue weighted by Crippen LogP contribution is -2.46. The lowest BCUT2D eigenvalue weighted by Gasteiger charge is -2.32. The van der Waals surface area contributed by atoms with Crippen molar-refractivity contribution in [2.45, 2.75) is 25.7 Å². The van der Waals surface area contributed by atoms with Crippen LogP contribution in [0, 0.1) is 5.92 Å². The van der Waals surface area contributed by atoms with Crippen LogP contribution in [0.3, 0.4) is 0 Å². The van der Waals surface area contributed by atoms with Gasteiger partial charge in [0.1, 0.15) is 5.82 Å². The Labute approximate surface area is 166 Å². The highest BCUT2D eigenvalue weighted by molar-refractivity contribution is 5.75. The lowest BCUT2D eigenvalue weighted by molar-refractivity contribution is 0.0374. The molecule has 0 bridgehead atoms. The molecule has 2 amide bonds. The predicted octanol–water partition coefficient (Wildman–Crippen LogP) is 2.25. The number of carbonyl (C=O) groups is 1. The van der Waals surface area contributed by atoms with Crippen LogP contribution < -0.4 is 5.32 Å². The topological polar surface area (TPSA) is 73.5 Å². The summed E-state index contributed by atoms with van der Waals surface area (Å²) < 4.78 is 5.37. The Hall–Kier alpha value is -2.12. The largest absolute Gasteiger partial charge is 0.379 e. The van der Waals surface area contributed by atoms with Gasteiger partial charge in [0.05, 0.1) is 24.2 Å². The van der Waals surface area contributed by atoms with Crippen molar-refractivity contribution in [1.29, 1.82) is 0 Å². The average molecular weight is 386 g/mol. The normalized spacial score (nSPS) is 21.1. The summed E-state index contributed by atoms with van der Waals surface area (Å²) in [6.45, 7) is 7.09. The van der Waals surface area contributed by atoms with E-state index in [0.29, 0.717) is 5.92 Å². The fourth-order valence-corrected chi connectivity index (χ4v) is 4.23. The second-order valence-electron chi connectivity index (χ2n) is 7.90. The molecule has 7 nitrogen and oxygen atoms in total. The van der Waals surface area contributed by atoms with E-state index < -0.39 is 0 Å². The van der Waals surface area contributed by atoms with Crippen molar-refractivity contribution in [3.63, 3.8) is 0 Å². The molecule has 1 atom stereocenters.